The number of hydrogen-bond donors (Lipinski definition) is 0. The number of ether oxygens (including phenoxy) is 1. The van der Waals surface area contributed by atoms with E-state index in [1.807, 2.05) is 6.07 Å². The normalized spacial score (nSPS) is 18.3. The van der Waals surface area contributed by atoms with E-state index in [9.17, 15) is 0 Å². The molecule has 1 fully saturated rings. The average molecular weight is 417 g/mol. The predicted molar refractivity (Wildman–Crippen MR) is 122 cm³/mol. The Labute approximate surface area is 179 Å². The standard InChI is InChI=1S/C24H24N4OS/c1-24(2)12-16-17(13-29-24)19(15-8-4-3-5-9-15)27-23-18(16)20-21(30-23)22(26-14-25-20)28-10-6-7-11-28/h3-5,8-9,14H,6-7,10-13H2,1-2H3. The third-order valence-corrected chi connectivity index (χ3v) is 7.33. The van der Waals surface area contributed by atoms with Crippen LogP contribution in [0, 0.1) is 0 Å². The molecular weight excluding hydrogens is 392 g/mol. The summed E-state index contributed by atoms with van der Waals surface area (Å²) in [6, 6.07) is 10.5. The molecule has 2 aliphatic rings. The molecule has 30 heavy (non-hydrogen) atoms. The van der Waals surface area contributed by atoms with Gasteiger partial charge in [-0.1, -0.05) is 30.3 Å². The maximum Gasteiger partial charge on any atom is 0.150 e. The molecule has 3 aromatic heterocycles. The van der Waals surface area contributed by atoms with Crippen LogP contribution in [0.2, 0.25) is 0 Å². The quantitative estimate of drug-likeness (QED) is 0.440. The molecule has 5 nitrogen and oxygen atoms in total. The summed E-state index contributed by atoms with van der Waals surface area (Å²) in [6.45, 7) is 7.06. The van der Waals surface area contributed by atoms with Gasteiger partial charge in [0.2, 0.25) is 0 Å². The van der Waals surface area contributed by atoms with Crippen LogP contribution >= 0.6 is 11.3 Å². The van der Waals surface area contributed by atoms with Crippen molar-refractivity contribution in [1.29, 1.82) is 0 Å². The first-order valence-electron chi connectivity index (χ1n) is 10.6. The Morgan fingerprint density at radius 2 is 1.83 bits per heavy atom. The van der Waals surface area contributed by atoms with Crippen molar-refractivity contribution in [2.75, 3.05) is 18.0 Å². The summed E-state index contributed by atoms with van der Waals surface area (Å²) >= 11 is 1.74. The highest BCUT2D eigenvalue weighted by atomic mass is 32.1. The number of benzene rings is 1. The largest absolute Gasteiger partial charge is 0.370 e. The molecule has 152 valence electrons. The average Bonchev–Trinajstić information content (AvgIpc) is 3.41. The molecule has 0 aliphatic carbocycles. The van der Waals surface area contributed by atoms with Crippen molar-refractivity contribution in [2.45, 2.75) is 45.3 Å². The van der Waals surface area contributed by atoms with Crippen LogP contribution < -0.4 is 4.90 Å². The Bertz CT molecular complexity index is 1260. The van der Waals surface area contributed by atoms with Crippen LogP contribution in [-0.2, 0) is 17.8 Å². The Hall–Kier alpha value is -2.57. The molecule has 2 aliphatic heterocycles. The lowest BCUT2D eigenvalue weighted by atomic mass is 9.88. The molecule has 6 heteroatoms. The Morgan fingerprint density at radius 3 is 2.63 bits per heavy atom. The van der Waals surface area contributed by atoms with Crippen LogP contribution in [0.3, 0.4) is 0 Å². The van der Waals surface area contributed by atoms with Crippen molar-refractivity contribution >= 4 is 37.6 Å². The van der Waals surface area contributed by atoms with Gasteiger partial charge in [-0.25, -0.2) is 15.0 Å². The first-order chi connectivity index (χ1) is 14.6. The first-order valence-corrected chi connectivity index (χ1v) is 11.5. The van der Waals surface area contributed by atoms with Crippen molar-refractivity contribution in [3.05, 3.63) is 47.8 Å². The van der Waals surface area contributed by atoms with Crippen molar-refractivity contribution < 1.29 is 4.74 Å². The van der Waals surface area contributed by atoms with Gasteiger partial charge in [0, 0.05) is 36.0 Å². The van der Waals surface area contributed by atoms with Gasteiger partial charge in [0.25, 0.3) is 0 Å². The second kappa shape index (κ2) is 6.72. The Morgan fingerprint density at radius 1 is 1.03 bits per heavy atom. The molecule has 0 unspecified atom stereocenters. The van der Waals surface area contributed by atoms with Gasteiger partial charge in [-0.05, 0) is 32.3 Å². The molecule has 1 saturated heterocycles. The Balaban J connectivity index is 1.67. The summed E-state index contributed by atoms with van der Waals surface area (Å²) in [5, 5.41) is 1.20. The Kier molecular flexibility index (Phi) is 4.08. The van der Waals surface area contributed by atoms with Crippen molar-refractivity contribution in [3.63, 3.8) is 0 Å². The molecule has 0 spiro atoms. The fraction of sp³-hybridized carbons (Fsp3) is 0.375. The molecule has 0 N–H and O–H groups in total. The molecule has 6 rings (SSSR count). The maximum absolute atomic E-state index is 6.22. The van der Waals surface area contributed by atoms with E-state index in [4.69, 9.17) is 14.7 Å². The van der Waals surface area contributed by atoms with Crippen LogP contribution in [0.4, 0.5) is 5.82 Å². The minimum Gasteiger partial charge on any atom is -0.370 e. The number of fused-ring (bicyclic) bond motifs is 5. The summed E-state index contributed by atoms with van der Waals surface area (Å²) in [7, 11) is 0. The van der Waals surface area contributed by atoms with Crippen molar-refractivity contribution in [3.8, 4) is 11.3 Å². The zero-order valence-corrected chi connectivity index (χ0v) is 18.1. The summed E-state index contributed by atoms with van der Waals surface area (Å²) < 4.78 is 7.38. The first kappa shape index (κ1) is 18.2. The van der Waals surface area contributed by atoms with E-state index in [0.29, 0.717) is 6.61 Å². The summed E-state index contributed by atoms with van der Waals surface area (Å²) in [6.07, 6.45) is 5.04. The van der Waals surface area contributed by atoms with E-state index in [0.717, 1.165) is 46.9 Å². The third-order valence-electron chi connectivity index (χ3n) is 6.26. The minimum absolute atomic E-state index is 0.200. The lowest BCUT2D eigenvalue weighted by Crippen LogP contribution is -2.32. The van der Waals surface area contributed by atoms with E-state index in [-0.39, 0.29) is 5.60 Å². The molecule has 0 atom stereocenters. The van der Waals surface area contributed by atoms with Crippen LogP contribution in [-0.4, -0.2) is 33.6 Å². The number of aromatic nitrogens is 3. The van der Waals surface area contributed by atoms with Crippen LogP contribution in [0.5, 0.6) is 0 Å². The number of nitrogens with zero attached hydrogens (tertiary/aromatic N) is 4. The third kappa shape index (κ3) is 2.81. The second-order valence-corrected chi connectivity index (χ2v) is 9.86. The summed E-state index contributed by atoms with van der Waals surface area (Å²) in [5.74, 6) is 1.07. The topological polar surface area (TPSA) is 51.1 Å². The highest BCUT2D eigenvalue weighted by Crippen LogP contribution is 2.44. The fourth-order valence-corrected chi connectivity index (χ4v) is 5.96. The molecule has 1 aromatic carbocycles. The summed E-state index contributed by atoms with van der Waals surface area (Å²) in [5.41, 5.74) is 5.57. The van der Waals surface area contributed by atoms with Gasteiger partial charge in [0.05, 0.1) is 28.1 Å². The number of hydrogen-bond acceptors (Lipinski definition) is 6. The van der Waals surface area contributed by atoms with Gasteiger partial charge in [0.15, 0.2) is 0 Å². The zero-order valence-electron chi connectivity index (χ0n) is 17.3. The van der Waals surface area contributed by atoms with Gasteiger partial charge >= 0.3 is 0 Å². The van der Waals surface area contributed by atoms with Gasteiger partial charge in [-0.15, -0.1) is 11.3 Å². The van der Waals surface area contributed by atoms with E-state index >= 15 is 0 Å². The maximum atomic E-state index is 6.22. The monoisotopic (exact) mass is 416 g/mol. The van der Waals surface area contributed by atoms with Gasteiger partial charge in [-0.3, -0.25) is 0 Å². The van der Waals surface area contributed by atoms with Crippen molar-refractivity contribution in [1.82, 2.24) is 15.0 Å². The highest BCUT2D eigenvalue weighted by molar-refractivity contribution is 7.26. The number of thiophene rings is 1. The zero-order chi connectivity index (χ0) is 20.3. The molecule has 0 saturated carbocycles. The van der Waals surface area contributed by atoms with Crippen LogP contribution in [0.1, 0.15) is 37.8 Å². The molecule has 4 aromatic rings. The molecule has 0 bridgehead atoms. The second-order valence-electron chi connectivity index (χ2n) is 8.86. The van der Waals surface area contributed by atoms with E-state index in [1.165, 1.54) is 34.1 Å². The lowest BCUT2D eigenvalue weighted by molar-refractivity contribution is -0.0394. The lowest BCUT2D eigenvalue weighted by Gasteiger charge is -2.33. The molecule has 0 amide bonds. The fourth-order valence-electron chi connectivity index (χ4n) is 4.78. The van der Waals surface area contributed by atoms with Crippen LogP contribution in [0.25, 0.3) is 31.7 Å². The van der Waals surface area contributed by atoms with Gasteiger partial charge in [0.1, 0.15) is 17.0 Å². The van der Waals surface area contributed by atoms with E-state index in [1.54, 1.807) is 17.7 Å². The smallest absolute Gasteiger partial charge is 0.150 e. The number of anilines is 1. The minimum atomic E-state index is -0.200. The molecular formula is C24H24N4OS. The number of pyridine rings is 1. The predicted octanol–water partition coefficient (Wildman–Crippen LogP) is 5.36. The van der Waals surface area contributed by atoms with E-state index in [2.05, 4.69) is 48.0 Å². The van der Waals surface area contributed by atoms with E-state index < -0.39 is 0 Å². The van der Waals surface area contributed by atoms with Gasteiger partial charge in [-0.2, -0.15) is 0 Å². The SMILES string of the molecule is CC1(C)Cc2c(c(-c3ccccc3)nc3sc4c(N5CCCC5)ncnc4c23)CO1. The molecule has 5 heterocycles. The van der Waals surface area contributed by atoms with Crippen molar-refractivity contribution in [2.24, 2.45) is 0 Å². The van der Waals surface area contributed by atoms with Gasteiger partial charge < -0.3 is 9.64 Å². The number of rotatable bonds is 2. The van der Waals surface area contributed by atoms with Crippen LogP contribution in [0.15, 0.2) is 36.7 Å². The molecule has 0 radical (unpaired) electrons. The summed E-state index contributed by atoms with van der Waals surface area (Å²) in [4.78, 5) is 18.0. The highest BCUT2D eigenvalue weighted by Gasteiger charge is 2.32.